The molecule has 0 spiro atoms. The van der Waals surface area contributed by atoms with Crippen molar-refractivity contribution in [2.24, 2.45) is 20.0 Å². The predicted octanol–water partition coefficient (Wildman–Crippen LogP) is 2.21. The number of anilines is 1. The molecule has 3 aromatic rings. The molecule has 0 amide bonds. The fourth-order valence-electron chi connectivity index (χ4n) is 3.64. The Morgan fingerprint density at radius 2 is 1.92 bits per heavy atom. The summed E-state index contributed by atoms with van der Waals surface area (Å²) in [5.74, 6) is 1.38. The van der Waals surface area contributed by atoms with E-state index in [1.165, 1.54) is 0 Å². The molecule has 138 valence electrons. The second kappa shape index (κ2) is 6.59. The Hall–Kier alpha value is -2.06. The van der Waals surface area contributed by atoms with Crippen LogP contribution in [0.25, 0.3) is 11.2 Å². The van der Waals surface area contributed by atoms with E-state index >= 15 is 0 Å². The van der Waals surface area contributed by atoms with Crippen molar-refractivity contribution in [1.29, 1.82) is 5.41 Å². The number of aromatic nitrogens is 6. The fraction of sp³-hybridized carbons (Fsp3) is 0.500. The van der Waals surface area contributed by atoms with E-state index < -0.39 is 0 Å². The molecule has 3 aromatic heterocycles. The van der Waals surface area contributed by atoms with Crippen molar-refractivity contribution in [3.05, 3.63) is 28.4 Å². The van der Waals surface area contributed by atoms with Gasteiger partial charge in [0.15, 0.2) is 5.65 Å². The van der Waals surface area contributed by atoms with E-state index in [2.05, 4.69) is 19.9 Å². The third-order valence-electron chi connectivity index (χ3n) is 5.07. The summed E-state index contributed by atoms with van der Waals surface area (Å²) in [4.78, 5) is 15.0. The molecule has 1 aliphatic rings. The molecule has 1 saturated heterocycles. The second-order valence-electron chi connectivity index (χ2n) is 6.75. The highest BCUT2D eigenvalue weighted by atomic mass is 35.5. The molecular weight excluding hydrogens is 375 g/mol. The number of rotatable bonds is 3. The molecule has 0 aromatic carbocycles. The quantitative estimate of drug-likeness (QED) is 0.690. The van der Waals surface area contributed by atoms with Gasteiger partial charge in [0.25, 0.3) is 0 Å². The van der Waals surface area contributed by atoms with Crippen molar-refractivity contribution < 1.29 is 0 Å². The fourth-order valence-corrected chi connectivity index (χ4v) is 3.99. The molecule has 10 heteroatoms. The maximum atomic E-state index is 8.39. The van der Waals surface area contributed by atoms with E-state index in [1.54, 1.807) is 10.8 Å². The first kappa shape index (κ1) is 17.4. The molecule has 0 bridgehead atoms. The van der Waals surface area contributed by atoms with Gasteiger partial charge in [0.05, 0.1) is 6.20 Å². The Morgan fingerprint density at radius 1 is 1.19 bits per heavy atom. The molecule has 0 radical (unpaired) electrons. The van der Waals surface area contributed by atoms with E-state index in [0.717, 1.165) is 49.6 Å². The van der Waals surface area contributed by atoms with Crippen LogP contribution in [0.1, 0.15) is 12.8 Å². The highest BCUT2D eigenvalue weighted by Gasteiger charge is 2.24. The molecule has 1 N–H and O–H groups in total. The Labute approximate surface area is 160 Å². The molecule has 0 saturated carbocycles. The number of hydrogen-bond acceptors (Lipinski definition) is 5. The number of nitrogens with zero attached hydrogens (tertiary/aromatic N) is 7. The minimum Gasteiger partial charge on any atom is -0.342 e. The van der Waals surface area contributed by atoms with Crippen molar-refractivity contribution in [2.45, 2.75) is 19.4 Å². The van der Waals surface area contributed by atoms with E-state index in [1.807, 2.05) is 29.4 Å². The third-order valence-corrected chi connectivity index (χ3v) is 5.44. The summed E-state index contributed by atoms with van der Waals surface area (Å²) in [7, 11) is 3.81. The average molecular weight is 395 g/mol. The topological polar surface area (TPSA) is 80.5 Å². The average Bonchev–Trinajstić information content (AvgIpc) is 3.07. The first-order valence-corrected chi connectivity index (χ1v) is 9.26. The normalized spacial score (nSPS) is 15.9. The molecule has 1 fully saturated rings. The molecule has 1 aliphatic heterocycles. The zero-order valence-electron chi connectivity index (χ0n) is 14.7. The highest BCUT2D eigenvalue weighted by molar-refractivity contribution is 6.29. The monoisotopic (exact) mass is 394 g/mol. The third kappa shape index (κ3) is 2.97. The van der Waals surface area contributed by atoms with Crippen LogP contribution >= 0.6 is 23.2 Å². The number of imidazole rings is 2. The molecular formula is C16H20Cl2N8. The Morgan fingerprint density at radius 3 is 2.58 bits per heavy atom. The van der Waals surface area contributed by atoms with Crippen LogP contribution in [-0.2, 0) is 20.6 Å². The summed E-state index contributed by atoms with van der Waals surface area (Å²) < 4.78 is 5.68. The van der Waals surface area contributed by atoms with Crippen LogP contribution in [0.5, 0.6) is 0 Å². The van der Waals surface area contributed by atoms with Crippen molar-refractivity contribution in [3.63, 3.8) is 0 Å². The zero-order valence-corrected chi connectivity index (χ0v) is 16.2. The molecule has 8 nitrogen and oxygen atoms in total. The number of halogens is 2. The Balaban J connectivity index is 1.52. The van der Waals surface area contributed by atoms with Crippen LogP contribution in [0.4, 0.5) is 5.95 Å². The van der Waals surface area contributed by atoms with Crippen LogP contribution in [0.15, 0.2) is 12.4 Å². The van der Waals surface area contributed by atoms with Crippen molar-refractivity contribution >= 4 is 40.3 Å². The number of aryl methyl sites for hydroxylation is 2. The maximum absolute atomic E-state index is 8.39. The van der Waals surface area contributed by atoms with Gasteiger partial charge < -0.3 is 14.0 Å². The minimum absolute atomic E-state index is 0.207. The predicted molar refractivity (Wildman–Crippen MR) is 101 cm³/mol. The largest absolute Gasteiger partial charge is 0.342 e. The van der Waals surface area contributed by atoms with Gasteiger partial charge >= 0.3 is 0 Å². The first-order valence-electron chi connectivity index (χ1n) is 8.50. The number of nitrogens with one attached hydrogen (secondary N) is 1. The van der Waals surface area contributed by atoms with Crippen molar-refractivity contribution in [2.75, 3.05) is 18.0 Å². The molecule has 0 unspecified atom stereocenters. The standard InChI is InChI=1S/C16H20Cl2N8/c1-23-9-12(17)21-16(23)25-5-3-10(4-6-25)8-26-13-11(24(2)15(26)19)7-20-14(18)22-13/h7,9-10,19H,3-6,8H2,1-2H3. The summed E-state index contributed by atoms with van der Waals surface area (Å²) in [6, 6.07) is 0. The second-order valence-corrected chi connectivity index (χ2v) is 7.47. The van der Waals surface area contributed by atoms with Crippen LogP contribution in [0.2, 0.25) is 10.4 Å². The zero-order chi connectivity index (χ0) is 18.4. The Kier molecular flexibility index (Phi) is 4.40. The van der Waals surface area contributed by atoms with Gasteiger partial charge in [0, 0.05) is 39.9 Å². The number of piperidine rings is 1. The SMILES string of the molecule is Cn1cc(Cl)nc1N1CCC(Cn2c(=N)n(C)c3cnc(Cl)nc32)CC1. The van der Waals surface area contributed by atoms with Gasteiger partial charge in [0.1, 0.15) is 10.7 Å². The summed E-state index contributed by atoms with van der Waals surface area (Å²) in [6.45, 7) is 2.58. The van der Waals surface area contributed by atoms with E-state index in [-0.39, 0.29) is 5.28 Å². The van der Waals surface area contributed by atoms with Gasteiger partial charge in [-0.05, 0) is 30.4 Å². The van der Waals surface area contributed by atoms with Gasteiger partial charge in [-0.3, -0.25) is 9.98 Å². The molecule has 0 aliphatic carbocycles. The first-order chi connectivity index (χ1) is 12.4. The van der Waals surface area contributed by atoms with Gasteiger partial charge in [-0.2, -0.15) is 4.98 Å². The molecule has 4 rings (SSSR count). The van der Waals surface area contributed by atoms with Gasteiger partial charge in [-0.25, -0.2) is 9.97 Å². The van der Waals surface area contributed by atoms with Gasteiger partial charge in [-0.1, -0.05) is 11.6 Å². The van der Waals surface area contributed by atoms with Crippen LogP contribution < -0.4 is 10.5 Å². The van der Waals surface area contributed by atoms with Crippen LogP contribution in [0.3, 0.4) is 0 Å². The lowest BCUT2D eigenvalue weighted by Gasteiger charge is -2.32. The maximum Gasteiger partial charge on any atom is 0.224 e. The highest BCUT2D eigenvalue weighted by Crippen LogP contribution is 2.25. The van der Waals surface area contributed by atoms with Crippen molar-refractivity contribution in [3.8, 4) is 0 Å². The molecule has 0 atom stereocenters. The van der Waals surface area contributed by atoms with Crippen LogP contribution in [-0.4, -0.2) is 41.7 Å². The summed E-state index contributed by atoms with van der Waals surface area (Å²) >= 11 is 12.0. The lowest BCUT2D eigenvalue weighted by molar-refractivity contribution is 0.350. The summed E-state index contributed by atoms with van der Waals surface area (Å²) in [5.41, 5.74) is 1.95. The smallest absolute Gasteiger partial charge is 0.224 e. The van der Waals surface area contributed by atoms with Gasteiger partial charge in [0.2, 0.25) is 16.9 Å². The lowest BCUT2D eigenvalue weighted by atomic mass is 9.97. The lowest BCUT2D eigenvalue weighted by Crippen LogP contribution is -2.37. The molecule has 26 heavy (non-hydrogen) atoms. The van der Waals surface area contributed by atoms with Gasteiger partial charge in [-0.15, -0.1) is 0 Å². The molecule has 4 heterocycles. The van der Waals surface area contributed by atoms with E-state index in [0.29, 0.717) is 16.7 Å². The Bertz CT molecular complexity index is 1010. The summed E-state index contributed by atoms with van der Waals surface area (Å²) in [6.07, 6.45) is 5.54. The minimum atomic E-state index is 0.207. The number of fused-ring (bicyclic) bond motifs is 1. The number of hydrogen-bond donors (Lipinski definition) is 1. The summed E-state index contributed by atoms with van der Waals surface area (Å²) in [5, 5.41) is 9.12. The van der Waals surface area contributed by atoms with Crippen molar-refractivity contribution in [1.82, 2.24) is 28.7 Å². The van der Waals surface area contributed by atoms with E-state index in [9.17, 15) is 0 Å². The van der Waals surface area contributed by atoms with E-state index in [4.69, 9.17) is 28.6 Å². The van der Waals surface area contributed by atoms with Crippen LogP contribution in [0, 0.1) is 11.3 Å².